The Bertz CT molecular complexity index is 773. The molecule has 1 amide bonds. The molecule has 0 spiro atoms. The van der Waals surface area contributed by atoms with Crippen molar-refractivity contribution in [2.45, 2.75) is 25.6 Å². The molecule has 2 aromatic rings. The van der Waals surface area contributed by atoms with Crippen molar-refractivity contribution in [1.82, 2.24) is 14.7 Å². The molecule has 132 valence electrons. The third-order valence-corrected chi connectivity index (χ3v) is 4.67. The van der Waals surface area contributed by atoms with Crippen LogP contribution in [0.15, 0.2) is 30.5 Å². The summed E-state index contributed by atoms with van der Waals surface area (Å²) in [4.78, 5) is 15.2. The summed E-state index contributed by atoms with van der Waals surface area (Å²) in [7, 11) is 1.66. The van der Waals surface area contributed by atoms with E-state index in [1.165, 1.54) is 0 Å². The molecule has 0 N–H and O–H groups in total. The first kappa shape index (κ1) is 16.0. The van der Waals surface area contributed by atoms with E-state index in [1.54, 1.807) is 19.4 Å². The fourth-order valence-corrected chi connectivity index (χ4v) is 3.43. The van der Waals surface area contributed by atoms with Gasteiger partial charge in [-0.05, 0) is 24.6 Å². The Morgan fingerprint density at radius 2 is 2.20 bits per heavy atom. The minimum atomic E-state index is -0.0703. The van der Waals surface area contributed by atoms with Gasteiger partial charge in [-0.3, -0.25) is 9.48 Å². The maximum atomic E-state index is 13.3. The lowest BCUT2D eigenvalue weighted by atomic mass is 10.1. The van der Waals surface area contributed by atoms with E-state index in [9.17, 15) is 4.79 Å². The standard InChI is InChI=1S/C18H21N3O4/c1-23-12-14-6-8-21-13(5-7-19-21)11-20(14)18(22)15-3-2-4-16-17(15)25-10-9-24-16/h2-5,7,14H,6,8-12H2,1H3/t14-/m0/s1. The third-order valence-electron chi connectivity index (χ3n) is 4.67. The van der Waals surface area contributed by atoms with E-state index in [0.29, 0.717) is 43.4 Å². The molecule has 1 aromatic heterocycles. The minimum Gasteiger partial charge on any atom is -0.486 e. The van der Waals surface area contributed by atoms with Gasteiger partial charge in [-0.15, -0.1) is 0 Å². The molecule has 0 radical (unpaired) electrons. The minimum absolute atomic E-state index is 0.0143. The van der Waals surface area contributed by atoms with E-state index in [-0.39, 0.29) is 11.9 Å². The van der Waals surface area contributed by atoms with Crippen molar-refractivity contribution in [3.8, 4) is 11.5 Å². The largest absolute Gasteiger partial charge is 0.486 e. The third kappa shape index (κ3) is 2.95. The Morgan fingerprint density at radius 1 is 1.32 bits per heavy atom. The van der Waals surface area contributed by atoms with Crippen LogP contribution in [0.2, 0.25) is 0 Å². The quantitative estimate of drug-likeness (QED) is 0.849. The van der Waals surface area contributed by atoms with Crippen molar-refractivity contribution in [3.05, 3.63) is 41.7 Å². The van der Waals surface area contributed by atoms with Crippen molar-refractivity contribution >= 4 is 5.91 Å². The van der Waals surface area contributed by atoms with Gasteiger partial charge in [0.05, 0.1) is 30.5 Å². The Morgan fingerprint density at radius 3 is 3.08 bits per heavy atom. The number of carbonyl (C=O) groups excluding carboxylic acids is 1. The number of amides is 1. The fourth-order valence-electron chi connectivity index (χ4n) is 3.43. The summed E-state index contributed by atoms with van der Waals surface area (Å²) in [5.41, 5.74) is 1.56. The van der Waals surface area contributed by atoms with E-state index < -0.39 is 0 Å². The lowest BCUT2D eigenvalue weighted by Gasteiger charge is -2.30. The van der Waals surface area contributed by atoms with Gasteiger partial charge < -0.3 is 19.1 Å². The SMILES string of the molecule is COC[C@@H]1CCn2nccc2CN1C(=O)c1cccc2c1OCCO2. The summed E-state index contributed by atoms with van der Waals surface area (Å²) in [6.07, 6.45) is 2.57. The number of hydrogen-bond donors (Lipinski definition) is 0. The maximum Gasteiger partial charge on any atom is 0.258 e. The number of rotatable bonds is 3. The number of aromatic nitrogens is 2. The average molecular weight is 343 g/mol. The van der Waals surface area contributed by atoms with Crippen LogP contribution in [0.3, 0.4) is 0 Å². The van der Waals surface area contributed by atoms with Gasteiger partial charge in [0.1, 0.15) is 13.2 Å². The van der Waals surface area contributed by atoms with Crippen LogP contribution in [0.4, 0.5) is 0 Å². The molecule has 1 atom stereocenters. The number of para-hydroxylation sites is 1. The number of ether oxygens (including phenoxy) is 3. The Hall–Kier alpha value is -2.54. The molecule has 2 aliphatic heterocycles. The maximum absolute atomic E-state index is 13.3. The molecule has 1 aromatic carbocycles. The van der Waals surface area contributed by atoms with Crippen LogP contribution < -0.4 is 9.47 Å². The van der Waals surface area contributed by atoms with E-state index in [2.05, 4.69) is 5.10 Å². The number of methoxy groups -OCH3 is 1. The summed E-state index contributed by atoms with van der Waals surface area (Å²) in [6, 6.07) is 7.39. The number of benzene rings is 1. The van der Waals surface area contributed by atoms with Gasteiger partial charge in [-0.2, -0.15) is 5.10 Å². The van der Waals surface area contributed by atoms with Crippen LogP contribution in [0.1, 0.15) is 22.5 Å². The fraction of sp³-hybridized carbons (Fsp3) is 0.444. The zero-order valence-corrected chi connectivity index (χ0v) is 14.2. The van der Waals surface area contributed by atoms with Crippen LogP contribution in [-0.4, -0.2) is 53.6 Å². The number of hydrogen-bond acceptors (Lipinski definition) is 5. The molecule has 7 nitrogen and oxygen atoms in total. The van der Waals surface area contributed by atoms with Crippen molar-refractivity contribution in [2.75, 3.05) is 26.9 Å². The number of aryl methyl sites for hydroxylation is 1. The van der Waals surface area contributed by atoms with Gasteiger partial charge in [0.25, 0.3) is 5.91 Å². The molecule has 25 heavy (non-hydrogen) atoms. The molecule has 0 aliphatic carbocycles. The molecule has 2 aliphatic rings. The molecule has 0 saturated heterocycles. The van der Waals surface area contributed by atoms with Crippen LogP contribution in [-0.2, 0) is 17.8 Å². The van der Waals surface area contributed by atoms with Gasteiger partial charge >= 0.3 is 0 Å². The van der Waals surface area contributed by atoms with E-state index in [4.69, 9.17) is 14.2 Å². The van der Waals surface area contributed by atoms with Crippen LogP contribution in [0.5, 0.6) is 11.5 Å². The van der Waals surface area contributed by atoms with Gasteiger partial charge in [0.15, 0.2) is 11.5 Å². The molecule has 0 bridgehead atoms. The first-order valence-electron chi connectivity index (χ1n) is 8.47. The summed E-state index contributed by atoms with van der Waals surface area (Å²) >= 11 is 0. The summed E-state index contributed by atoms with van der Waals surface area (Å²) in [6.45, 7) is 2.71. The van der Waals surface area contributed by atoms with E-state index >= 15 is 0 Å². The average Bonchev–Trinajstić information content (AvgIpc) is 3.02. The molecule has 7 heteroatoms. The lowest BCUT2D eigenvalue weighted by molar-refractivity contribution is 0.0495. The highest BCUT2D eigenvalue weighted by atomic mass is 16.6. The first-order chi connectivity index (χ1) is 12.3. The Labute approximate surface area is 146 Å². The lowest BCUT2D eigenvalue weighted by Crippen LogP contribution is -2.42. The predicted octanol–water partition coefficient (Wildman–Crippen LogP) is 1.72. The van der Waals surface area contributed by atoms with E-state index in [0.717, 1.165) is 18.7 Å². The molecule has 3 heterocycles. The van der Waals surface area contributed by atoms with Gasteiger partial charge in [0, 0.05) is 19.9 Å². The highest BCUT2D eigenvalue weighted by Crippen LogP contribution is 2.35. The van der Waals surface area contributed by atoms with Gasteiger partial charge in [-0.25, -0.2) is 0 Å². The van der Waals surface area contributed by atoms with Crippen LogP contribution in [0.25, 0.3) is 0 Å². The van der Waals surface area contributed by atoms with Crippen molar-refractivity contribution < 1.29 is 19.0 Å². The topological polar surface area (TPSA) is 65.8 Å². The highest BCUT2D eigenvalue weighted by Gasteiger charge is 2.31. The molecule has 0 unspecified atom stereocenters. The van der Waals surface area contributed by atoms with Crippen LogP contribution in [0, 0.1) is 0 Å². The molecule has 0 fully saturated rings. The monoisotopic (exact) mass is 343 g/mol. The smallest absolute Gasteiger partial charge is 0.258 e. The molecule has 0 saturated carbocycles. The molecular weight excluding hydrogens is 322 g/mol. The normalized spacial score (nSPS) is 19.2. The number of fused-ring (bicyclic) bond motifs is 2. The van der Waals surface area contributed by atoms with E-state index in [1.807, 2.05) is 27.8 Å². The zero-order chi connectivity index (χ0) is 17.2. The summed E-state index contributed by atoms with van der Waals surface area (Å²) in [5, 5.41) is 4.34. The summed E-state index contributed by atoms with van der Waals surface area (Å²) < 4.78 is 18.7. The number of carbonyl (C=O) groups is 1. The zero-order valence-electron chi connectivity index (χ0n) is 14.2. The van der Waals surface area contributed by atoms with Gasteiger partial charge in [-0.1, -0.05) is 6.07 Å². The Balaban J connectivity index is 1.69. The Kier molecular flexibility index (Phi) is 4.31. The highest BCUT2D eigenvalue weighted by molar-refractivity contribution is 5.98. The first-order valence-corrected chi connectivity index (χ1v) is 8.47. The number of nitrogens with zero attached hydrogens (tertiary/aromatic N) is 3. The second kappa shape index (κ2) is 6.76. The second-order valence-corrected chi connectivity index (χ2v) is 6.21. The summed E-state index contributed by atoms with van der Waals surface area (Å²) in [5.74, 6) is 1.09. The van der Waals surface area contributed by atoms with Crippen LogP contribution >= 0.6 is 0 Å². The molecular formula is C18H21N3O4. The van der Waals surface area contributed by atoms with Crippen molar-refractivity contribution in [3.63, 3.8) is 0 Å². The van der Waals surface area contributed by atoms with Crippen molar-refractivity contribution in [1.29, 1.82) is 0 Å². The molecule has 4 rings (SSSR count). The predicted molar refractivity (Wildman–Crippen MR) is 89.8 cm³/mol. The second-order valence-electron chi connectivity index (χ2n) is 6.21. The van der Waals surface area contributed by atoms with Gasteiger partial charge in [0.2, 0.25) is 0 Å². The van der Waals surface area contributed by atoms with Crippen molar-refractivity contribution in [2.24, 2.45) is 0 Å².